The van der Waals surface area contributed by atoms with Crippen molar-refractivity contribution in [3.8, 4) is 11.5 Å². The van der Waals surface area contributed by atoms with Gasteiger partial charge in [0.05, 0.1) is 11.3 Å². The first-order valence-electron chi connectivity index (χ1n) is 5.23. The summed E-state index contributed by atoms with van der Waals surface area (Å²) in [7, 11) is 0. The van der Waals surface area contributed by atoms with Gasteiger partial charge >= 0.3 is 5.97 Å². The first-order valence-corrected chi connectivity index (χ1v) is 5.23. The molecule has 1 N–H and O–H groups in total. The fraction of sp³-hybridized carbons (Fsp3) is 0.167. The van der Waals surface area contributed by atoms with Crippen molar-refractivity contribution >= 4 is 5.97 Å². The summed E-state index contributed by atoms with van der Waals surface area (Å²) < 4.78 is 0. The predicted molar refractivity (Wildman–Crippen MR) is 61.6 cm³/mol. The van der Waals surface area contributed by atoms with Crippen LogP contribution in [0.1, 0.15) is 23.0 Å². The normalized spacial score (nSPS) is 10.2. The van der Waals surface area contributed by atoms with E-state index in [4.69, 9.17) is 5.11 Å². The van der Waals surface area contributed by atoms with Gasteiger partial charge in [-0.1, -0.05) is 13.0 Å². The molecule has 0 bridgehead atoms. The Morgan fingerprint density at radius 1 is 1.35 bits per heavy atom. The van der Waals surface area contributed by atoms with Crippen molar-refractivity contribution in [2.75, 3.05) is 0 Å². The highest BCUT2D eigenvalue weighted by atomic mass is 16.4. The number of aromatic nitrogens is 3. The van der Waals surface area contributed by atoms with E-state index in [1.807, 2.05) is 13.0 Å². The van der Waals surface area contributed by atoms with Crippen LogP contribution in [0.25, 0.3) is 11.5 Å². The van der Waals surface area contributed by atoms with Crippen molar-refractivity contribution in [1.82, 2.24) is 15.0 Å². The highest BCUT2D eigenvalue weighted by Crippen LogP contribution is 2.14. The van der Waals surface area contributed by atoms with Gasteiger partial charge in [-0.25, -0.2) is 14.8 Å². The first kappa shape index (κ1) is 11.2. The van der Waals surface area contributed by atoms with E-state index in [2.05, 4.69) is 15.0 Å². The molecule has 2 aromatic heterocycles. The van der Waals surface area contributed by atoms with Crippen LogP contribution in [0, 0.1) is 0 Å². The molecular weight excluding hydrogens is 218 g/mol. The molecule has 2 aromatic rings. The minimum Gasteiger partial charge on any atom is -0.478 e. The van der Waals surface area contributed by atoms with E-state index in [1.54, 1.807) is 18.3 Å². The van der Waals surface area contributed by atoms with Crippen LogP contribution < -0.4 is 0 Å². The van der Waals surface area contributed by atoms with Crippen LogP contribution in [0.3, 0.4) is 0 Å². The molecule has 2 heterocycles. The predicted octanol–water partition coefficient (Wildman–Crippen LogP) is 1.80. The van der Waals surface area contributed by atoms with E-state index < -0.39 is 5.97 Å². The molecule has 2 rings (SSSR count). The van der Waals surface area contributed by atoms with Gasteiger partial charge in [0, 0.05) is 12.4 Å². The summed E-state index contributed by atoms with van der Waals surface area (Å²) in [5, 5.41) is 8.96. The van der Waals surface area contributed by atoms with Gasteiger partial charge in [0.2, 0.25) is 0 Å². The maximum absolute atomic E-state index is 10.9. The van der Waals surface area contributed by atoms with Gasteiger partial charge < -0.3 is 5.11 Å². The number of hydrogen-bond donors (Lipinski definition) is 1. The van der Waals surface area contributed by atoms with E-state index in [-0.39, 0.29) is 5.56 Å². The molecule has 0 spiro atoms. The number of carboxylic acid groups (broad SMARTS) is 1. The number of nitrogens with zero attached hydrogens (tertiary/aromatic N) is 3. The third kappa shape index (κ3) is 2.28. The second kappa shape index (κ2) is 4.69. The minimum atomic E-state index is -1.01. The SMILES string of the molecule is CCc1nc(-c2ccccn2)ncc1C(=O)O. The van der Waals surface area contributed by atoms with Crippen molar-refractivity contribution < 1.29 is 9.90 Å². The number of aromatic carboxylic acids is 1. The van der Waals surface area contributed by atoms with E-state index in [0.29, 0.717) is 23.6 Å². The van der Waals surface area contributed by atoms with Crippen LogP contribution in [0.5, 0.6) is 0 Å². The summed E-state index contributed by atoms with van der Waals surface area (Å²) in [5.74, 6) is -0.554. The zero-order valence-electron chi connectivity index (χ0n) is 9.29. The highest BCUT2D eigenvalue weighted by molar-refractivity contribution is 5.88. The van der Waals surface area contributed by atoms with Crippen LogP contribution in [0.15, 0.2) is 30.6 Å². The number of aryl methyl sites for hydroxylation is 1. The number of hydrogen-bond acceptors (Lipinski definition) is 4. The molecule has 86 valence electrons. The van der Waals surface area contributed by atoms with Gasteiger partial charge in [0.25, 0.3) is 0 Å². The van der Waals surface area contributed by atoms with Gasteiger partial charge in [-0.05, 0) is 18.6 Å². The van der Waals surface area contributed by atoms with Gasteiger partial charge in [-0.3, -0.25) is 4.98 Å². The molecular formula is C12H11N3O2. The van der Waals surface area contributed by atoms with Crippen LogP contribution >= 0.6 is 0 Å². The van der Waals surface area contributed by atoms with Gasteiger partial charge in [0.15, 0.2) is 5.82 Å². The summed E-state index contributed by atoms with van der Waals surface area (Å²) in [4.78, 5) is 23.3. The maximum atomic E-state index is 10.9. The Morgan fingerprint density at radius 3 is 2.76 bits per heavy atom. The monoisotopic (exact) mass is 229 g/mol. The standard InChI is InChI=1S/C12H11N3O2/c1-2-9-8(12(16)17)7-14-11(15-9)10-5-3-4-6-13-10/h3-7H,2H2,1H3,(H,16,17). The van der Waals surface area contributed by atoms with E-state index >= 15 is 0 Å². The maximum Gasteiger partial charge on any atom is 0.339 e. The summed E-state index contributed by atoms with van der Waals surface area (Å²) >= 11 is 0. The van der Waals surface area contributed by atoms with E-state index in [0.717, 1.165) is 0 Å². The van der Waals surface area contributed by atoms with Gasteiger partial charge in [-0.2, -0.15) is 0 Å². The molecule has 5 nitrogen and oxygen atoms in total. The molecule has 0 unspecified atom stereocenters. The highest BCUT2D eigenvalue weighted by Gasteiger charge is 2.13. The van der Waals surface area contributed by atoms with Crippen molar-refractivity contribution in [3.05, 3.63) is 41.9 Å². The molecule has 0 aliphatic heterocycles. The first-order chi connectivity index (χ1) is 8.22. The van der Waals surface area contributed by atoms with Crippen molar-refractivity contribution in [2.24, 2.45) is 0 Å². The molecule has 17 heavy (non-hydrogen) atoms. The van der Waals surface area contributed by atoms with Crippen LogP contribution in [0.4, 0.5) is 0 Å². The lowest BCUT2D eigenvalue weighted by molar-refractivity contribution is 0.0694. The number of carboxylic acids is 1. The minimum absolute atomic E-state index is 0.146. The van der Waals surface area contributed by atoms with E-state index in [9.17, 15) is 4.79 Å². The summed E-state index contributed by atoms with van der Waals surface area (Å²) in [6, 6.07) is 5.42. The molecule has 5 heteroatoms. The van der Waals surface area contributed by atoms with Crippen molar-refractivity contribution in [3.63, 3.8) is 0 Å². The van der Waals surface area contributed by atoms with Gasteiger partial charge in [-0.15, -0.1) is 0 Å². The zero-order valence-corrected chi connectivity index (χ0v) is 9.29. The molecule has 0 amide bonds. The molecule has 0 aromatic carbocycles. The number of rotatable bonds is 3. The number of pyridine rings is 1. The summed E-state index contributed by atoms with van der Waals surface area (Å²) in [5.41, 5.74) is 1.31. The van der Waals surface area contributed by atoms with Crippen LogP contribution in [0.2, 0.25) is 0 Å². The third-order valence-electron chi connectivity index (χ3n) is 2.33. The molecule has 0 aliphatic rings. The van der Waals surface area contributed by atoms with E-state index in [1.165, 1.54) is 6.20 Å². The fourth-order valence-corrected chi connectivity index (χ4v) is 1.48. The Morgan fingerprint density at radius 2 is 2.18 bits per heavy atom. The lowest BCUT2D eigenvalue weighted by atomic mass is 10.2. The average Bonchev–Trinajstić information content (AvgIpc) is 2.39. The Balaban J connectivity index is 2.49. The fourth-order valence-electron chi connectivity index (χ4n) is 1.48. The van der Waals surface area contributed by atoms with Crippen molar-refractivity contribution in [2.45, 2.75) is 13.3 Å². The second-order valence-electron chi connectivity index (χ2n) is 3.43. The van der Waals surface area contributed by atoms with Crippen molar-refractivity contribution in [1.29, 1.82) is 0 Å². The molecule has 0 saturated heterocycles. The quantitative estimate of drug-likeness (QED) is 0.868. The average molecular weight is 229 g/mol. The summed E-state index contributed by atoms with van der Waals surface area (Å²) in [6.45, 7) is 1.86. The smallest absolute Gasteiger partial charge is 0.339 e. The molecule has 0 atom stereocenters. The Labute approximate surface area is 98.2 Å². The Hall–Kier alpha value is -2.30. The van der Waals surface area contributed by atoms with Gasteiger partial charge in [0.1, 0.15) is 5.69 Å². The molecule has 0 aliphatic carbocycles. The number of carbonyl (C=O) groups is 1. The molecule has 0 radical (unpaired) electrons. The largest absolute Gasteiger partial charge is 0.478 e. The molecule has 0 fully saturated rings. The Kier molecular flexibility index (Phi) is 3.09. The zero-order chi connectivity index (χ0) is 12.3. The lowest BCUT2D eigenvalue weighted by Crippen LogP contribution is -2.07. The van der Waals surface area contributed by atoms with Crippen LogP contribution in [-0.2, 0) is 6.42 Å². The Bertz CT molecular complexity index is 541. The lowest BCUT2D eigenvalue weighted by Gasteiger charge is -2.04. The topological polar surface area (TPSA) is 76.0 Å². The third-order valence-corrected chi connectivity index (χ3v) is 2.33. The molecule has 0 saturated carbocycles. The van der Waals surface area contributed by atoms with Crippen LogP contribution in [-0.4, -0.2) is 26.0 Å². The summed E-state index contributed by atoms with van der Waals surface area (Å²) in [6.07, 6.45) is 3.53. The second-order valence-corrected chi connectivity index (χ2v) is 3.43.